The lowest BCUT2D eigenvalue weighted by molar-refractivity contribution is -0.142. The number of carbonyl (C=O) groups excluding carboxylic acids is 1. The van der Waals surface area contributed by atoms with Gasteiger partial charge in [-0.1, -0.05) is 18.2 Å². The molecule has 1 aromatic heterocycles. The van der Waals surface area contributed by atoms with Crippen LogP contribution in [-0.4, -0.2) is 23.1 Å². The first kappa shape index (κ1) is 15.8. The Morgan fingerprint density at radius 1 is 1.17 bits per heavy atom. The van der Waals surface area contributed by atoms with E-state index in [0.717, 1.165) is 18.4 Å². The minimum absolute atomic E-state index is 0.0739. The minimum atomic E-state index is -0.725. The third kappa shape index (κ3) is 3.82. The van der Waals surface area contributed by atoms with Crippen molar-refractivity contribution in [1.29, 1.82) is 0 Å². The van der Waals surface area contributed by atoms with Gasteiger partial charge in [0.25, 0.3) is 0 Å². The number of carboxylic acid groups (broad SMARTS) is 1. The zero-order valence-electron chi connectivity index (χ0n) is 12.7. The number of benzene rings is 1. The molecule has 0 saturated heterocycles. The summed E-state index contributed by atoms with van der Waals surface area (Å²) in [5.74, 6) is -0.981. The average Bonchev–Trinajstić information content (AvgIpc) is 2.97. The van der Waals surface area contributed by atoms with Crippen LogP contribution in [0.4, 0.5) is 4.79 Å². The van der Waals surface area contributed by atoms with Gasteiger partial charge in [-0.15, -0.1) is 11.3 Å². The number of hydrogen-bond acceptors (Lipinski definition) is 3. The normalized spacial score (nSPS) is 21.0. The van der Waals surface area contributed by atoms with Crippen LogP contribution in [0.3, 0.4) is 0 Å². The van der Waals surface area contributed by atoms with Crippen molar-refractivity contribution in [3.63, 3.8) is 0 Å². The maximum Gasteiger partial charge on any atom is 0.315 e. The zero-order valence-corrected chi connectivity index (χ0v) is 13.6. The van der Waals surface area contributed by atoms with Crippen LogP contribution in [0, 0.1) is 5.92 Å². The number of amides is 2. The van der Waals surface area contributed by atoms with E-state index in [1.54, 1.807) is 11.3 Å². The molecular weight excluding hydrogens is 312 g/mol. The van der Waals surface area contributed by atoms with Crippen molar-refractivity contribution in [1.82, 2.24) is 10.6 Å². The molecule has 3 N–H and O–H groups in total. The van der Waals surface area contributed by atoms with Crippen LogP contribution in [-0.2, 0) is 11.3 Å². The van der Waals surface area contributed by atoms with E-state index in [1.165, 1.54) is 10.1 Å². The Balaban J connectivity index is 1.48. The van der Waals surface area contributed by atoms with E-state index in [1.807, 2.05) is 12.1 Å². The first-order valence-corrected chi connectivity index (χ1v) is 8.73. The van der Waals surface area contributed by atoms with Gasteiger partial charge in [0, 0.05) is 17.3 Å². The molecule has 1 aliphatic rings. The van der Waals surface area contributed by atoms with Gasteiger partial charge in [-0.25, -0.2) is 4.79 Å². The zero-order chi connectivity index (χ0) is 16.2. The minimum Gasteiger partial charge on any atom is -0.481 e. The van der Waals surface area contributed by atoms with Gasteiger partial charge >= 0.3 is 12.0 Å². The molecule has 0 atom stereocenters. The number of thiophene rings is 1. The fourth-order valence-electron chi connectivity index (χ4n) is 3.07. The first-order chi connectivity index (χ1) is 11.1. The lowest BCUT2D eigenvalue weighted by Crippen LogP contribution is -2.43. The van der Waals surface area contributed by atoms with E-state index in [0.29, 0.717) is 19.4 Å². The Bertz CT molecular complexity index is 705. The molecule has 0 spiro atoms. The highest BCUT2D eigenvalue weighted by atomic mass is 32.1. The van der Waals surface area contributed by atoms with E-state index in [9.17, 15) is 9.59 Å². The molecule has 5 nitrogen and oxygen atoms in total. The van der Waals surface area contributed by atoms with Crippen LogP contribution in [0.1, 0.15) is 31.2 Å². The number of fused-ring (bicyclic) bond motifs is 1. The Morgan fingerprint density at radius 2 is 1.91 bits per heavy atom. The van der Waals surface area contributed by atoms with Gasteiger partial charge in [-0.2, -0.15) is 0 Å². The summed E-state index contributed by atoms with van der Waals surface area (Å²) in [5, 5.41) is 18.1. The second-order valence-electron chi connectivity index (χ2n) is 5.97. The summed E-state index contributed by atoms with van der Waals surface area (Å²) < 4.78 is 1.22. The fourth-order valence-corrected chi connectivity index (χ4v) is 4.03. The smallest absolute Gasteiger partial charge is 0.315 e. The molecule has 1 fully saturated rings. The maximum atomic E-state index is 12.0. The fraction of sp³-hybridized carbons (Fsp3) is 0.412. The van der Waals surface area contributed by atoms with Gasteiger partial charge in [0.05, 0.1) is 5.92 Å². The molecule has 1 saturated carbocycles. The number of nitrogens with one attached hydrogen (secondary N) is 2. The average molecular weight is 332 g/mol. The third-order valence-electron chi connectivity index (χ3n) is 4.41. The van der Waals surface area contributed by atoms with Crippen LogP contribution in [0.25, 0.3) is 10.1 Å². The number of rotatable bonds is 4. The van der Waals surface area contributed by atoms with Crippen molar-refractivity contribution >= 4 is 33.4 Å². The maximum absolute atomic E-state index is 12.0. The van der Waals surface area contributed by atoms with Gasteiger partial charge in [0.1, 0.15) is 0 Å². The molecule has 122 valence electrons. The summed E-state index contributed by atoms with van der Waals surface area (Å²) >= 11 is 1.68. The molecule has 2 amide bonds. The SMILES string of the molecule is O=C(NCc1csc2ccccc12)NC1CCC(C(=O)O)CC1. The monoisotopic (exact) mass is 332 g/mol. The number of hydrogen-bond donors (Lipinski definition) is 3. The largest absolute Gasteiger partial charge is 0.481 e. The van der Waals surface area contributed by atoms with Crippen molar-refractivity contribution in [2.45, 2.75) is 38.3 Å². The summed E-state index contributed by atoms with van der Waals surface area (Å²) in [6, 6.07) is 8.04. The molecule has 0 radical (unpaired) electrons. The predicted octanol–water partition coefficient (Wildman–Crippen LogP) is 3.34. The number of carbonyl (C=O) groups is 2. The molecule has 0 unspecified atom stereocenters. The highest BCUT2D eigenvalue weighted by Gasteiger charge is 2.26. The van der Waals surface area contributed by atoms with E-state index in [-0.39, 0.29) is 18.0 Å². The Morgan fingerprint density at radius 3 is 2.65 bits per heavy atom. The second kappa shape index (κ2) is 7.00. The molecule has 2 aromatic rings. The third-order valence-corrected chi connectivity index (χ3v) is 5.42. The topological polar surface area (TPSA) is 78.4 Å². The molecule has 23 heavy (non-hydrogen) atoms. The van der Waals surface area contributed by atoms with Gasteiger partial charge in [-0.3, -0.25) is 4.79 Å². The first-order valence-electron chi connectivity index (χ1n) is 7.86. The van der Waals surface area contributed by atoms with Crippen LogP contribution in [0.2, 0.25) is 0 Å². The molecule has 3 rings (SSSR count). The van der Waals surface area contributed by atoms with Gasteiger partial charge in [0.2, 0.25) is 0 Å². The Kier molecular flexibility index (Phi) is 4.81. The molecule has 0 aliphatic heterocycles. The van der Waals surface area contributed by atoms with E-state index in [2.05, 4.69) is 28.1 Å². The van der Waals surface area contributed by atoms with Crippen molar-refractivity contribution in [3.8, 4) is 0 Å². The standard InChI is InChI=1S/C17H20N2O3S/c20-16(21)11-5-7-13(8-6-11)19-17(22)18-9-12-10-23-15-4-2-1-3-14(12)15/h1-4,10-11,13H,5-9H2,(H,20,21)(H2,18,19,22). The number of aliphatic carboxylic acids is 1. The van der Waals surface area contributed by atoms with Crippen LogP contribution in [0.15, 0.2) is 29.6 Å². The molecule has 0 bridgehead atoms. The van der Waals surface area contributed by atoms with Gasteiger partial charge in [-0.05, 0) is 48.1 Å². The number of carboxylic acids is 1. The summed E-state index contributed by atoms with van der Waals surface area (Å²) in [4.78, 5) is 22.9. The van der Waals surface area contributed by atoms with Crippen molar-refractivity contribution in [3.05, 3.63) is 35.2 Å². The van der Waals surface area contributed by atoms with E-state index in [4.69, 9.17) is 5.11 Å². The van der Waals surface area contributed by atoms with Crippen LogP contribution >= 0.6 is 11.3 Å². The highest BCUT2D eigenvalue weighted by molar-refractivity contribution is 7.17. The lowest BCUT2D eigenvalue weighted by Gasteiger charge is -2.26. The van der Waals surface area contributed by atoms with E-state index >= 15 is 0 Å². The molecule has 1 aromatic carbocycles. The summed E-state index contributed by atoms with van der Waals surface area (Å²) in [6.45, 7) is 0.500. The Labute approximate surface area is 138 Å². The highest BCUT2D eigenvalue weighted by Crippen LogP contribution is 2.26. The van der Waals surface area contributed by atoms with Gasteiger partial charge < -0.3 is 15.7 Å². The second-order valence-corrected chi connectivity index (χ2v) is 6.88. The van der Waals surface area contributed by atoms with Crippen LogP contribution < -0.4 is 10.6 Å². The molecule has 1 heterocycles. The predicted molar refractivity (Wildman–Crippen MR) is 90.6 cm³/mol. The summed E-state index contributed by atoms with van der Waals surface area (Å²) in [7, 11) is 0. The van der Waals surface area contributed by atoms with Crippen molar-refractivity contribution < 1.29 is 14.7 Å². The van der Waals surface area contributed by atoms with Crippen molar-refractivity contribution in [2.75, 3.05) is 0 Å². The molecular formula is C17H20N2O3S. The Hall–Kier alpha value is -2.08. The lowest BCUT2D eigenvalue weighted by atomic mass is 9.86. The van der Waals surface area contributed by atoms with Crippen LogP contribution in [0.5, 0.6) is 0 Å². The van der Waals surface area contributed by atoms with Crippen molar-refractivity contribution in [2.24, 2.45) is 5.92 Å². The van der Waals surface area contributed by atoms with E-state index < -0.39 is 5.97 Å². The van der Waals surface area contributed by atoms with Gasteiger partial charge in [0.15, 0.2) is 0 Å². The number of urea groups is 1. The summed E-state index contributed by atoms with van der Waals surface area (Å²) in [5.41, 5.74) is 1.12. The quantitative estimate of drug-likeness (QED) is 0.803. The molecule has 6 heteroatoms. The summed E-state index contributed by atoms with van der Waals surface area (Å²) in [6.07, 6.45) is 2.72. The molecule has 1 aliphatic carbocycles.